The van der Waals surface area contributed by atoms with E-state index in [4.69, 9.17) is 29.7 Å². The Morgan fingerprint density at radius 3 is 2.42 bits per heavy atom. The molecule has 0 saturated heterocycles. The van der Waals surface area contributed by atoms with E-state index in [2.05, 4.69) is 4.98 Å². The van der Waals surface area contributed by atoms with Crippen molar-refractivity contribution in [3.63, 3.8) is 0 Å². The second-order valence-corrected chi connectivity index (χ2v) is 6.65. The normalized spacial score (nSPS) is 11.1. The largest absolute Gasteiger partial charge is 0.497 e. The average Bonchev–Trinajstić information content (AvgIpc) is 3.07. The Bertz CT molecular complexity index is 1270. The number of benzene rings is 2. The number of nitrogens with zero attached hydrogens (tertiary/aromatic N) is 3. The molecule has 0 aliphatic heterocycles. The molecule has 4 rings (SSSR count). The topological polar surface area (TPSA) is 111 Å². The first-order valence-corrected chi connectivity index (χ1v) is 9.54. The Morgan fingerprint density at radius 2 is 1.74 bits per heavy atom. The van der Waals surface area contributed by atoms with Crippen LogP contribution in [0.2, 0.25) is 0 Å². The minimum absolute atomic E-state index is 0.0916. The van der Waals surface area contributed by atoms with Gasteiger partial charge in [-0.05, 0) is 24.3 Å². The van der Waals surface area contributed by atoms with Crippen LogP contribution in [0.15, 0.2) is 42.5 Å². The molecule has 31 heavy (non-hydrogen) atoms. The Kier molecular flexibility index (Phi) is 5.59. The van der Waals surface area contributed by atoms with E-state index in [1.165, 1.54) is 7.11 Å². The maximum atomic E-state index is 12.9. The first kappa shape index (κ1) is 20.4. The number of aromatic nitrogens is 3. The summed E-state index contributed by atoms with van der Waals surface area (Å²) in [6.07, 6.45) is 0. The van der Waals surface area contributed by atoms with E-state index >= 15 is 0 Å². The summed E-state index contributed by atoms with van der Waals surface area (Å²) in [6, 6.07) is 12.7. The third-order valence-corrected chi connectivity index (χ3v) is 4.85. The molecule has 0 aliphatic rings. The quantitative estimate of drug-likeness (QED) is 0.357. The molecule has 9 heteroatoms. The number of para-hydroxylation sites is 2. The molecule has 0 spiro atoms. The maximum absolute atomic E-state index is 12.9. The third kappa shape index (κ3) is 3.59. The lowest BCUT2D eigenvalue weighted by molar-refractivity contribution is 0.0391. The van der Waals surface area contributed by atoms with Crippen LogP contribution in [0.25, 0.3) is 27.9 Å². The van der Waals surface area contributed by atoms with Gasteiger partial charge in [-0.25, -0.2) is 14.8 Å². The molecule has 160 valence electrons. The monoisotopic (exact) mass is 422 g/mol. The van der Waals surface area contributed by atoms with Crippen LogP contribution in [-0.2, 0) is 9.47 Å². The molecular formula is C22H22N4O5. The minimum atomic E-state index is -0.602. The minimum Gasteiger partial charge on any atom is -0.497 e. The van der Waals surface area contributed by atoms with Crippen LogP contribution in [0.4, 0.5) is 5.82 Å². The predicted octanol–water partition coefficient (Wildman–Crippen LogP) is 2.98. The first-order chi connectivity index (χ1) is 15.1. The highest BCUT2D eigenvalue weighted by atomic mass is 16.6. The fraction of sp³-hybridized carbons (Fsp3) is 0.227. The number of fused-ring (bicyclic) bond motifs is 2. The molecule has 0 aliphatic carbocycles. The number of rotatable bonds is 7. The van der Waals surface area contributed by atoms with Crippen LogP contribution >= 0.6 is 0 Å². The van der Waals surface area contributed by atoms with Gasteiger partial charge in [0.2, 0.25) is 0 Å². The molecule has 2 aromatic carbocycles. The van der Waals surface area contributed by atoms with Crippen LogP contribution < -0.4 is 15.2 Å². The highest BCUT2D eigenvalue weighted by molar-refractivity contribution is 6.09. The van der Waals surface area contributed by atoms with Gasteiger partial charge in [-0.1, -0.05) is 12.1 Å². The van der Waals surface area contributed by atoms with Crippen molar-refractivity contribution in [2.24, 2.45) is 0 Å². The first-order valence-electron chi connectivity index (χ1n) is 9.54. The fourth-order valence-corrected chi connectivity index (χ4v) is 3.37. The van der Waals surface area contributed by atoms with Gasteiger partial charge in [-0.3, -0.25) is 4.57 Å². The molecule has 0 saturated carbocycles. The van der Waals surface area contributed by atoms with Crippen molar-refractivity contribution in [3.05, 3.63) is 48.0 Å². The lowest BCUT2D eigenvalue weighted by atomic mass is 10.2. The number of methoxy groups -OCH3 is 3. The zero-order valence-electron chi connectivity index (χ0n) is 17.4. The molecular weight excluding hydrogens is 400 g/mol. The smallest absolute Gasteiger partial charge is 0.344 e. The second kappa shape index (κ2) is 8.49. The van der Waals surface area contributed by atoms with E-state index in [0.29, 0.717) is 39.4 Å². The van der Waals surface area contributed by atoms with Crippen LogP contribution in [0.5, 0.6) is 11.5 Å². The van der Waals surface area contributed by atoms with Crippen LogP contribution in [-0.4, -0.2) is 55.0 Å². The zero-order valence-corrected chi connectivity index (χ0v) is 17.4. The molecule has 0 bridgehead atoms. The Morgan fingerprint density at radius 1 is 1.00 bits per heavy atom. The van der Waals surface area contributed by atoms with E-state index in [0.717, 1.165) is 0 Å². The predicted molar refractivity (Wildman–Crippen MR) is 116 cm³/mol. The molecule has 2 aromatic heterocycles. The highest BCUT2D eigenvalue weighted by Crippen LogP contribution is 2.36. The Balaban J connectivity index is 2.00. The molecule has 0 fully saturated rings. The molecule has 4 aromatic rings. The summed E-state index contributed by atoms with van der Waals surface area (Å²) in [5, 5.41) is 0. The van der Waals surface area contributed by atoms with Gasteiger partial charge in [0.05, 0.1) is 37.5 Å². The van der Waals surface area contributed by atoms with Crippen molar-refractivity contribution >= 4 is 34.0 Å². The van der Waals surface area contributed by atoms with Crippen molar-refractivity contribution in [1.29, 1.82) is 0 Å². The summed E-state index contributed by atoms with van der Waals surface area (Å²) < 4.78 is 22.8. The van der Waals surface area contributed by atoms with Gasteiger partial charge >= 0.3 is 5.97 Å². The van der Waals surface area contributed by atoms with Crippen molar-refractivity contribution in [3.8, 4) is 17.2 Å². The van der Waals surface area contributed by atoms with Gasteiger partial charge in [0.15, 0.2) is 5.65 Å². The van der Waals surface area contributed by atoms with E-state index in [1.54, 1.807) is 37.0 Å². The van der Waals surface area contributed by atoms with E-state index < -0.39 is 5.97 Å². The second-order valence-electron chi connectivity index (χ2n) is 6.65. The maximum Gasteiger partial charge on any atom is 0.344 e. The standard InChI is InChI=1S/C22H22N4O5/c1-28-10-11-31-22(27)18-19-21(25-15-7-5-4-6-14(15)24-19)26(20(18)23)16-9-8-13(29-2)12-17(16)30-3/h4-9,12H,10-11,23H2,1-3H3. The summed E-state index contributed by atoms with van der Waals surface area (Å²) in [5.74, 6) is 0.662. The number of carbonyl (C=O) groups excluding carboxylic acids is 1. The van der Waals surface area contributed by atoms with Crippen LogP contribution in [0.1, 0.15) is 10.4 Å². The van der Waals surface area contributed by atoms with Crippen molar-refractivity contribution in [2.45, 2.75) is 0 Å². The van der Waals surface area contributed by atoms with Crippen molar-refractivity contribution < 1.29 is 23.7 Å². The fourth-order valence-electron chi connectivity index (χ4n) is 3.37. The summed E-state index contributed by atoms with van der Waals surface area (Å²) in [5.41, 5.74) is 9.27. The molecule has 0 unspecified atom stereocenters. The number of hydrogen-bond donors (Lipinski definition) is 1. The number of anilines is 1. The Labute approximate surface area is 178 Å². The van der Waals surface area contributed by atoms with Gasteiger partial charge in [0.25, 0.3) is 0 Å². The molecule has 0 amide bonds. The van der Waals surface area contributed by atoms with Gasteiger partial charge in [0, 0.05) is 13.2 Å². The molecule has 2 heterocycles. The lowest BCUT2D eigenvalue weighted by Crippen LogP contribution is -2.12. The number of esters is 1. The van der Waals surface area contributed by atoms with Gasteiger partial charge in [-0.2, -0.15) is 0 Å². The van der Waals surface area contributed by atoms with E-state index in [1.807, 2.05) is 24.3 Å². The number of ether oxygens (including phenoxy) is 4. The van der Waals surface area contributed by atoms with Crippen LogP contribution in [0.3, 0.4) is 0 Å². The zero-order chi connectivity index (χ0) is 22.0. The highest BCUT2D eigenvalue weighted by Gasteiger charge is 2.27. The Hall–Kier alpha value is -3.85. The van der Waals surface area contributed by atoms with Crippen LogP contribution in [0, 0.1) is 0 Å². The molecule has 9 nitrogen and oxygen atoms in total. The molecule has 0 atom stereocenters. The summed E-state index contributed by atoms with van der Waals surface area (Å²) in [4.78, 5) is 22.3. The number of nitrogens with two attached hydrogens (primary N) is 1. The molecule has 0 radical (unpaired) electrons. The summed E-state index contributed by atoms with van der Waals surface area (Å²) >= 11 is 0. The van der Waals surface area contributed by atoms with Crippen molar-refractivity contribution in [1.82, 2.24) is 14.5 Å². The molecule has 2 N–H and O–H groups in total. The van der Waals surface area contributed by atoms with Gasteiger partial charge in [-0.15, -0.1) is 0 Å². The van der Waals surface area contributed by atoms with E-state index in [-0.39, 0.29) is 24.6 Å². The lowest BCUT2D eigenvalue weighted by Gasteiger charge is -2.13. The van der Waals surface area contributed by atoms with E-state index in [9.17, 15) is 4.79 Å². The summed E-state index contributed by atoms with van der Waals surface area (Å²) in [7, 11) is 4.64. The van der Waals surface area contributed by atoms with Gasteiger partial charge in [0.1, 0.15) is 35.0 Å². The summed E-state index contributed by atoms with van der Waals surface area (Å²) in [6.45, 7) is 0.361. The van der Waals surface area contributed by atoms with Crippen molar-refractivity contribution in [2.75, 3.05) is 40.3 Å². The third-order valence-electron chi connectivity index (χ3n) is 4.85. The average molecular weight is 422 g/mol. The number of carbonyl (C=O) groups is 1. The van der Waals surface area contributed by atoms with Gasteiger partial charge < -0.3 is 24.7 Å². The SMILES string of the molecule is COCCOC(=O)c1c(N)n(-c2ccc(OC)cc2OC)c2nc3ccccc3nc12. The number of nitrogen functional groups attached to an aromatic ring is 1. The number of hydrogen-bond acceptors (Lipinski definition) is 8.